The van der Waals surface area contributed by atoms with E-state index in [1.54, 1.807) is 30.3 Å². The first-order chi connectivity index (χ1) is 27.8. The summed E-state index contributed by atoms with van der Waals surface area (Å²) in [6.45, 7) is -2.70. The smallest absolute Gasteiger partial charge is 0.339 e. The molecule has 3 aromatic rings. The molecule has 2 saturated heterocycles. The first-order valence-corrected chi connectivity index (χ1v) is 18.8. The number of fused-ring (bicyclic) bond motifs is 3. The zero-order chi connectivity index (χ0) is 40.4. The highest BCUT2D eigenvalue weighted by Gasteiger charge is 2.52. The Morgan fingerprint density at radius 3 is 1.89 bits per heavy atom. The lowest BCUT2D eigenvalue weighted by atomic mass is 9.81. The maximum atomic E-state index is 13.6. The third-order valence-corrected chi connectivity index (χ3v) is 11.5. The Labute approximate surface area is 328 Å². The summed E-state index contributed by atoms with van der Waals surface area (Å²) in [5, 5.41) is 64.5. The molecule has 17 nitrogen and oxygen atoms in total. The predicted molar refractivity (Wildman–Crippen MR) is 196 cm³/mol. The Morgan fingerprint density at radius 2 is 1.26 bits per heavy atom. The van der Waals surface area contributed by atoms with Gasteiger partial charge in [-0.05, 0) is 46.3 Å². The quantitative estimate of drug-likeness (QED) is 0.110. The average molecular weight is 803 g/mol. The van der Waals surface area contributed by atoms with Crippen molar-refractivity contribution in [2.45, 2.75) is 56.8 Å². The van der Waals surface area contributed by atoms with Crippen LogP contribution in [0.1, 0.15) is 27.0 Å². The molecule has 0 amide bonds. The van der Waals surface area contributed by atoms with E-state index in [1.807, 2.05) is 0 Å². The molecule has 312 valence electrons. The molecule has 10 unspecified atom stereocenters. The summed E-state index contributed by atoms with van der Waals surface area (Å²) in [7, 11) is 4.44. The SMILES string of the molecule is COCC1OC(OC2C(COC)OC(Oc3c4c(c(-c5ccc6c(c5)OCO6)c5cc(CO)c(CO)cc35)C(=O)OC4)C(CO)C2CO)C(CO)C(CO)C1OC. The Balaban J connectivity index is 1.30. The van der Waals surface area contributed by atoms with Gasteiger partial charge in [-0.3, -0.25) is 0 Å². The number of benzene rings is 3. The second-order valence-corrected chi connectivity index (χ2v) is 14.5. The molecular formula is C40H50O17. The fourth-order valence-corrected chi connectivity index (χ4v) is 8.70. The van der Waals surface area contributed by atoms with E-state index in [0.717, 1.165) is 0 Å². The molecular weight excluding hydrogens is 752 g/mol. The molecule has 4 aliphatic heterocycles. The summed E-state index contributed by atoms with van der Waals surface area (Å²) in [6, 6.07) is 8.63. The number of aliphatic hydroxyl groups excluding tert-OH is 6. The molecule has 2 fully saturated rings. The van der Waals surface area contributed by atoms with Crippen molar-refractivity contribution in [2.75, 3.05) is 67.8 Å². The zero-order valence-corrected chi connectivity index (χ0v) is 31.9. The Bertz CT molecular complexity index is 1890. The topological polar surface area (TPSA) is 231 Å². The number of rotatable bonds is 16. The third-order valence-electron chi connectivity index (χ3n) is 11.5. The summed E-state index contributed by atoms with van der Waals surface area (Å²) in [6.07, 6.45) is -5.59. The number of hydrogen-bond acceptors (Lipinski definition) is 17. The van der Waals surface area contributed by atoms with Gasteiger partial charge in [0.15, 0.2) is 17.8 Å². The lowest BCUT2D eigenvalue weighted by Gasteiger charge is -2.50. The van der Waals surface area contributed by atoms with Crippen LogP contribution in [0.5, 0.6) is 17.2 Å². The molecule has 17 heteroatoms. The van der Waals surface area contributed by atoms with E-state index >= 15 is 0 Å². The highest BCUT2D eigenvalue weighted by molar-refractivity contribution is 6.13. The molecule has 0 saturated carbocycles. The van der Waals surface area contributed by atoms with Gasteiger partial charge in [0.1, 0.15) is 24.6 Å². The second-order valence-electron chi connectivity index (χ2n) is 14.5. The van der Waals surface area contributed by atoms with Gasteiger partial charge in [0.05, 0.1) is 63.3 Å². The number of hydrogen-bond donors (Lipinski definition) is 6. The van der Waals surface area contributed by atoms with Crippen LogP contribution in [-0.4, -0.2) is 141 Å². The van der Waals surface area contributed by atoms with Crippen LogP contribution >= 0.6 is 0 Å². The van der Waals surface area contributed by atoms with Crippen LogP contribution in [0.4, 0.5) is 0 Å². The minimum atomic E-state index is -1.26. The van der Waals surface area contributed by atoms with E-state index in [9.17, 15) is 35.4 Å². The van der Waals surface area contributed by atoms with E-state index in [0.29, 0.717) is 50.1 Å². The minimum absolute atomic E-state index is 0.0423. The van der Waals surface area contributed by atoms with Gasteiger partial charge < -0.3 is 78.0 Å². The lowest BCUT2D eigenvalue weighted by molar-refractivity contribution is -0.339. The third kappa shape index (κ3) is 7.56. The average Bonchev–Trinajstić information content (AvgIpc) is 3.86. The number of esters is 1. The highest BCUT2D eigenvalue weighted by atomic mass is 16.7. The van der Waals surface area contributed by atoms with Crippen molar-refractivity contribution < 1.29 is 82.8 Å². The van der Waals surface area contributed by atoms with E-state index in [4.69, 9.17) is 47.4 Å². The van der Waals surface area contributed by atoms with E-state index in [-0.39, 0.29) is 44.5 Å². The number of methoxy groups -OCH3 is 3. The van der Waals surface area contributed by atoms with Crippen molar-refractivity contribution in [3.63, 3.8) is 0 Å². The molecule has 10 atom stereocenters. The fraction of sp³-hybridized carbons (Fsp3) is 0.575. The molecule has 0 bridgehead atoms. The summed E-state index contributed by atoms with van der Waals surface area (Å²) in [5.41, 5.74) is 2.53. The first kappa shape index (κ1) is 41.5. The molecule has 4 heterocycles. The fourth-order valence-electron chi connectivity index (χ4n) is 8.70. The summed E-state index contributed by atoms with van der Waals surface area (Å²) in [5.74, 6) is -2.56. The largest absolute Gasteiger partial charge is 0.463 e. The molecule has 7 rings (SSSR count). The Hall–Kier alpha value is -3.69. The summed E-state index contributed by atoms with van der Waals surface area (Å²) in [4.78, 5) is 13.6. The molecule has 3 aromatic carbocycles. The normalized spacial score (nSPS) is 29.5. The van der Waals surface area contributed by atoms with Gasteiger partial charge >= 0.3 is 5.97 Å². The van der Waals surface area contributed by atoms with Crippen molar-refractivity contribution in [3.8, 4) is 28.4 Å². The Kier molecular flexibility index (Phi) is 13.1. The number of carbonyl (C=O) groups excluding carboxylic acids is 1. The van der Waals surface area contributed by atoms with Crippen molar-refractivity contribution in [3.05, 3.63) is 52.6 Å². The van der Waals surface area contributed by atoms with Crippen molar-refractivity contribution in [1.29, 1.82) is 0 Å². The molecule has 6 N–H and O–H groups in total. The maximum Gasteiger partial charge on any atom is 0.339 e. The zero-order valence-electron chi connectivity index (χ0n) is 31.9. The number of ether oxygens (including phenoxy) is 10. The number of cyclic esters (lactones) is 1. The molecule has 0 radical (unpaired) electrons. The Morgan fingerprint density at radius 1 is 0.667 bits per heavy atom. The van der Waals surface area contributed by atoms with E-state index < -0.39 is 99.7 Å². The second kappa shape index (κ2) is 18.1. The molecule has 57 heavy (non-hydrogen) atoms. The maximum absolute atomic E-state index is 13.6. The van der Waals surface area contributed by atoms with Crippen molar-refractivity contribution in [2.24, 2.45) is 23.7 Å². The molecule has 0 aromatic heterocycles. The van der Waals surface area contributed by atoms with Crippen LogP contribution in [-0.2, 0) is 53.0 Å². The monoisotopic (exact) mass is 802 g/mol. The molecule has 4 aliphatic rings. The van der Waals surface area contributed by atoms with Crippen LogP contribution in [0, 0.1) is 23.7 Å². The van der Waals surface area contributed by atoms with Crippen LogP contribution in [0.25, 0.3) is 21.9 Å². The minimum Gasteiger partial charge on any atom is -0.463 e. The number of aliphatic hydroxyl groups is 6. The van der Waals surface area contributed by atoms with Crippen LogP contribution in [0.3, 0.4) is 0 Å². The first-order valence-electron chi connectivity index (χ1n) is 18.8. The highest BCUT2D eigenvalue weighted by Crippen LogP contribution is 2.49. The van der Waals surface area contributed by atoms with Crippen LogP contribution in [0.15, 0.2) is 30.3 Å². The van der Waals surface area contributed by atoms with Gasteiger partial charge in [0, 0.05) is 68.8 Å². The van der Waals surface area contributed by atoms with Gasteiger partial charge in [-0.1, -0.05) is 6.07 Å². The molecule has 0 aliphatic carbocycles. The van der Waals surface area contributed by atoms with Gasteiger partial charge in [0.25, 0.3) is 0 Å². The predicted octanol–water partition coefficient (Wildman–Crippen LogP) is 0.846. The van der Waals surface area contributed by atoms with E-state index in [2.05, 4.69) is 0 Å². The van der Waals surface area contributed by atoms with Gasteiger partial charge in [-0.15, -0.1) is 0 Å². The standard InChI is InChI=1S/C40H50O17/c1-48-16-31-36(50-3)24(11-43)26(13-45)40(54-31)57-37-25(12-44)27(14-46)39(55-32(37)17-49-2)56-35-23-7-21(10-42)20(9-41)6-22(23)33(34-28(35)15-51-38(34)47)19-4-5-29-30(8-19)53-18-52-29/h4-8,24-27,31-32,36-37,39-46H,9-18H2,1-3H3. The van der Waals surface area contributed by atoms with Gasteiger partial charge in [-0.25, -0.2) is 4.79 Å². The molecule has 0 spiro atoms. The van der Waals surface area contributed by atoms with Gasteiger partial charge in [-0.2, -0.15) is 0 Å². The van der Waals surface area contributed by atoms with Crippen molar-refractivity contribution >= 4 is 16.7 Å². The van der Waals surface area contributed by atoms with Crippen LogP contribution in [0.2, 0.25) is 0 Å². The van der Waals surface area contributed by atoms with Gasteiger partial charge in [0.2, 0.25) is 13.1 Å². The van der Waals surface area contributed by atoms with Crippen molar-refractivity contribution in [1.82, 2.24) is 0 Å². The number of carbonyl (C=O) groups is 1. The lowest BCUT2D eigenvalue weighted by Crippen LogP contribution is -2.61. The van der Waals surface area contributed by atoms with Crippen LogP contribution < -0.4 is 14.2 Å². The summed E-state index contributed by atoms with van der Waals surface area (Å²) >= 11 is 0. The summed E-state index contributed by atoms with van der Waals surface area (Å²) < 4.78 is 59.5. The van der Waals surface area contributed by atoms with E-state index in [1.165, 1.54) is 21.3 Å².